The number of aromatic nitrogens is 2. The molecule has 0 amide bonds. The highest BCUT2D eigenvalue weighted by Crippen LogP contribution is 2.23. The second-order valence-electron chi connectivity index (χ2n) is 2.56. The van der Waals surface area contributed by atoms with Crippen molar-refractivity contribution < 1.29 is 5.11 Å². The van der Waals surface area contributed by atoms with Crippen molar-refractivity contribution in [3.05, 3.63) is 22.5 Å². The monoisotopic (exact) mass is 180 g/mol. The third kappa shape index (κ3) is 1.21. The Morgan fingerprint density at radius 1 is 1.58 bits per heavy atom. The molecule has 2 aromatic heterocycles. The first-order chi connectivity index (χ1) is 5.75. The molecule has 0 fully saturated rings. The van der Waals surface area contributed by atoms with Gasteiger partial charge in [0.05, 0.1) is 6.20 Å². The zero-order valence-electron chi connectivity index (χ0n) is 6.53. The number of aromatic hydroxyl groups is 1. The van der Waals surface area contributed by atoms with E-state index in [-0.39, 0.29) is 5.88 Å². The molecule has 2 heterocycles. The zero-order valence-corrected chi connectivity index (χ0v) is 7.35. The van der Waals surface area contributed by atoms with E-state index < -0.39 is 0 Å². The number of nitrogens with one attached hydrogen (secondary N) is 1. The summed E-state index contributed by atoms with van der Waals surface area (Å²) in [5.41, 5.74) is 1.03. The number of hydrogen-bond acceptors (Lipinski definition) is 3. The Labute approximate surface area is 73.7 Å². The molecule has 0 atom stereocenters. The number of rotatable bonds is 1. The predicted octanol–water partition coefficient (Wildman–Crippen LogP) is 2.15. The summed E-state index contributed by atoms with van der Waals surface area (Å²) < 4.78 is 0. The van der Waals surface area contributed by atoms with Gasteiger partial charge in [-0.05, 0) is 13.0 Å². The van der Waals surface area contributed by atoms with Crippen LogP contribution in [0.4, 0.5) is 0 Å². The molecule has 0 aliphatic heterocycles. The molecule has 0 bridgehead atoms. The van der Waals surface area contributed by atoms with Gasteiger partial charge in [-0.1, -0.05) is 0 Å². The number of nitrogens with zero attached hydrogens (tertiary/aromatic N) is 1. The van der Waals surface area contributed by atoms with Gasteiger partial charge in [-0.15, -0.1) is 11.3 Å². The standard InChI is InChI=1S/C8H8N2OS/c1-5-2-6(4-12-5)8-9-3-7(11)10-8/h2-4,11H,1H3,(H,9,10). The fraction of sp³-hybridized carbons (Fsp3) is 0.125. The Morgan fingerprint density at radius 2 is 2.42 bits per heavy atom. The molecular weight excluding hydrogens is 172 g/mol. The van der Waals surface area contributed by atoms with Crippen LogP contribution in [0.2, 0.25) is 0 Å². The highest BCUT2D eigenvalue weighted by Gasteiger charge is 2.03. The van der Waals surface area contributed by atoms with Gasteiger partial charge < -0.3 is 10.1 Å². The van der Waals surface area contributed by atoms with Crippen LogP contribution < -0.4 is 0 Å². The number of aryl methyl sites for hydroxylation is 1. The fourth-order valence-electron chi connectivity index (χ4n) is 1.03. The van der Waals surface area contributed by atoms with Gasteiger partial charge >= 0.3 is 0 Å². The average Bonchev–Trinajstić information content (AvgIpc) is 2.58. The molecule has 2 rings (SSSR count). The van der Waals surface area contributed by atoms with Crippen molar-refractivity contribution in [3.63, 3.8) is 0 Å². The van der Waals surface area contributed by atoms with E-state index in [0.29, 0.717) is 0 Å². The summed E-state index contributed by atoms with van der Waals surface area (Å²) in [6.07, 6.45) is 1.41. The molecule has 2 aromatic rings. The SMILES string of the molecule is Cc1cc(-c2ncc(O)[nH]2)cs1. The Morgan fingerprint density at radius 3 is 2.92 bits per heavy atom. The van der Waals surface area contributed by atoms with Crippen molar-refractivity contribution in [3.8, 4) is 17.3 Å². The number of hydrogen-bond donors (Lipinski definition) is 2. The predicted molar refractivity (Wildman–Crippen MR) is 48.3 cm³/mol. The molecule has 2 N–H and O–H groups in total. The normalized spacial score (nSPS) is 10.4. The molecule has 0 spiro atoms. The Kier molecular flexibility index (Phi) is 1.62. The largest absolute Gasteiger partial charge is 0.493 e. The first kappa shape index (κ1) is 7.36. The highest BCUT2D eigenvalue weighted by molar-refractivity contribution is 7.10. The van der Waals surface area contributed by atoms with Gasteiger partial charge in [0, 0.05) is 15.8 Å². The van der Waals surface area contributed by atoms with E-state index in [4.69, 9.17) is 5.11 Å². The van der Waals surface area contributed by atoms with E-state index >= 15 is 0 Å². The zero-order chi connectivity index (χ0) is 8.55. The van der Waals surface area contributed by atoms with E-state index in [1.54, 1.807) is 11.3 Å². The van der Waals surface area contributed by atoms with Gasteiger partial charge in [-0.2, -0.15) is 0 Å². The molecule has 12 heavy (non-hydrogen) atoms. The quantitative estimate of drug-likeness (QED) is 0.706. The molecule has 0 unspecified atom stereocenters. The lowest BCUT2D eigenvalue weighted by Crippen LogP contribution is -1.74. The van der Waals surface area contributed by atoms with Crippen LogP contribution in [0.15, 0.2) is 17.6 Å². The molecule has 0 saturated carbocycles. The van der Waals surface area contributed by atoms with Gasteiger partial charge in [0.15, 0.2) is 0 Å². The Balaban J connectivity index is 2.43. The third-order valence-electron chi connectivity index (χ3n) is 1.57. The minimum Gasteiger partial charge on any atom is -0.493 e. The number of imidazole rings is 1. The van der Waals surface area contributed by atoms with E-state index in [2.05, 4.69) is 9.97 Å². The van der Waals surface area contributed by atoms with E-state index in [1.807, 2.05) is 18.4 Å². The van der Waals surface area contributed by atoms with Crippen molar-refractivity contribution in [1.29, 1.82) is 0 Å². The Hall–Kier alpha value is -1.29. The van der Waals surface area contributed by atoms with E-state index in [0.717, 1.165) is 11.4 Å². The van der Waals surface area contributed by atoms with Gasteiger partial charge in [0.2, 0.25) is 5.88 Å². The molecule has 0 saturated heterocycles. The number of aromatic amines is 1. The van der Waals surface area contributed by atoms with Crippen LogP contribution in [0.3, 0.4) is 0 Å². The summed E-state index contributed by atoms with van der Waals surface area (Å²) in [4.78, 5) is 7.99. The molecular formula is C8H8N2OS. The van der Waals surface area contributed by atoms with Crippen LogP contribution in [0.1, 0.15) is 4.88 Å². The highest BCUT2D eigenvalue weighted by atomic mass is 32.1. The molecule has 0 aromatic carbocycles. The minimum atomic E-state index is 0.105. The van der Waals surface area contributed by atoms with E-state index in [1.165, 1.54) is 11.1 Å². The van der Waals surface area contributed by atoms with Crippen LogP contribution in [-0.4, -0.2) is 15.1 Å². The van der Waals surface area contributed by atoms with Gasteiger partial charge in [0.25, 0.3) is 0 Å². The molecule has 0 aliphatic rings. The summed E-state index contributed by atoms with van der Waals surface area (Å²) in [5.74, 6) is 0.825. The Bertz CT molecular complexity index is 353. The van der Waals surface area contributed by atoms with Crippen molar-refractivity contribution in [2.45, 2.75) is 6.92 Å². The maximum Gasteiger partial charge on any atom is 0.208 e. The van der Waals surface area contributed by atoms with Crippen molar-refractivity contribution in [2.75, 3.05) is 0 Å². The molecule has 0 radical (unpaired) electrons. The summed E-state index contributed by atoms with van der Waals surface area (Å²) in [5, 5.41) is 11.0. The summed E-state index contributed by atoms with van der Waals surface area (Å²) in [6.45, 7) is 2.04. The summed E-state index contributed by atoms with van der Waals surface area (Å²) >= 11 is 1.67. The van der Waals surface area contributed by atoms with Crippen LogP contribution in [0, 0.1) is 6.92 Å². The van der Waals surface area contributed by atoms with Crippen LogP contribution in [0.5, 0.6) is 5.88 Å². The first-order valence-corrected chi connectivity index (χ1v) is 4.43. The lowest BCUT2D eigenvalue weighted by atomic mass is 10.3. The molecule has 0 aliphatic carbocycles. The fourth-order valence-corrected chi connectivity index (χ4v) is 1.71. The summed E-state index contributed by atoms with van der Waals surface area (Å²) in [6, 6.07) is 2.03. The maximum absolute atomic E-state index is 9.01. The average molecular weight is 180 g/mol. The minimum absolute atomic E-state index is 0.105. The lowest BCUT2D eigenvalue weighted by Gasteiger charge is -1.87. The third-order valence-corrected chi connectivity index (χ3v) is 2.43. The van der Waals surface area contributed by atoms with Crippen molar-refractivity contribution in [1.82, 2.24) is 9.97 Å². The van der Waals surface area contributed by atoms with E-state index in [9.17, 15) is 0 Å². The molecule has 62 valence electrons. The second kappa shape index (κ2) is 2.64. The molecule has 4 heteroatoms. The number of thiophene rings is 1. The topological polar surface area (TPSA) is 48.9 Å². The first-order valence-electron chi connectivity index (χ1n) is 3.55. The van der Waals surface area contributed by atoms with Gasteiger partial charge in [-0.3, -0.25) is 0 Å². The van der Waals surface area contributed by atoms with Crippen LogP contribution in [-0.2, 0) is 0 Å². The second-order valence-corrected chi connectivity index (χ2v) is 3.68. The molecule has 3 nitrogen and oxygen atoms in total. The smallest absolute Gasteiger partial charge is 0.208 e. The lowest BCUT2D eigenvalue weighted by molar-refractivity contribution is 0.457. The van der Waals surface area contributed by atoms with Crippen molar-refractivity contribution in [2.24, 2.45) is 0 Å². The van der Waals surface area contributed by atoms with Crippen LogP contribution in [0.25, 0.3) is 11.4 Å². The van der Waals surface area contributed by atoms with Gasteiger partial charge in [-0.25, -0.2) is 4.98 Å². The van der Waals surface area contributed by atoms with Gasteiger partial charge in [0.1, 0.15) is 5.82 Å². The summed E-state index contributed by atoms with van der Waals surface area (Å²) in [7, 11) is 0. The van der Waals surface area contributed by atoms with Crippen molar-refractivity contribution >= 4 is 11.3 Å². The maximum atomic E-state index is 9.01. The van der Waals surface area contributed by atoms with Crippen LogP contribution >= 0.6 is 11.3 Å². The number of H-pyrrole nitrogens is 1.